The number of rotatable bonds is 5. The van der Waals surface area contributed by atoms with Gasteiger partial charge in [0.1, 0.15) is 0 Å². The van der Waals surface area contributed by atoms with Crippen LogP contribution in [0.5, 0.6) is 0 Å². The molecule has 2 heteroatoms. The van der Waals surface area contributed by atoms with Gasteiger partial charge in [0.05, 0.1) is 0 Å². The summed E-state index contributed by atoms with van der Waals surface area (Å²) in [5, 5.41) is 3.24. The number of benzene rings is 1. The van der Waals surface area contributed by atoms with Gasteiger partial charge < -0.3 is 5.32 Å². The molecule has 2 nitrogen and oxygen atoms in total. The van der Waals surface area contributed by atoms with E-state index < -0.39 is 0 Å². The first kappa shape index (κ1) is 14.5. The topological polar surface area (TPSA) is 15.3 Å². The van der Waals surface area contributed by atoms with Crippen LogP contribution < -0.4 is 5.32 Å². The number of piperidine rings is 1. The summed E-state index contributed by atoms with van der Waals surface area (Å²) in [7, 11) is 2.02. The molecule has 1 aromatic carbocycles. The van der Waals surface area contributed by atoms with E-state index in [1.165, 1.54) is 37.1 Å². The number of likely N-dealkylation sites (N-methyl/N-ethyl adjacent to an activating group) is 1. The smallest absolute Gasteiger partial charge is 0.0233 e. The summed E-state index contributed by atoms with van der Waals surface area (Å²) in [6, 6.07) is 9.21. The molecule has 1 aliphatic rings. The van der Waals surface area contributed by atoms with Gasteiger partial charge in [-0.3, -0.25) is 4.90 Å². The molecule has 0 spiro atoms. The molecule has 1 fully saturated rings. The van der Waals surface area contributed by atoms with Crippen molar-refractivity contribution in [2.75, 3.05) is 26.7 Å². The van der Waals surface area contributed by atoms with E-state index in [2.05, 4.69) is 48.3 Å². The minimum Gasteiger partial charge on any atom is -0.319 e. The highest BCUT2D eigenvalue weighted by Crippen LogP contribution is 2.19. The lowest BCUT2D eigenvalue weighted by Gasteiger charge is -2.30. The maximum atomic E-state index is 3.24. The zero-order valence-corrected chi connectivity index (χ0v) is 12.7. The highest BCUT2D eigenvalue weighted by atomic mass is 15.1. The molecule has 1 aromatic rings. The van der Waals surface area contributed by atoms with E-state index in [1.807, 2.05) is 7.05 Å². The van der Waals surface area contributed by atoms with Crippen molar-refractivity contribution in [3.63, 3.8) is 0 Å². The van der Waals surface area contributed by atoms with Crippen molar-refractivity contribution in [1.29, 1.82) is 0 Å². The Balaban J connectivity index is 1.91. The first-order chi connectivity index (χ1) is 9.19. The lowest BCUT2D eigenvalue weighted by molar-refractivity contribution is 0.176. The fourth-order valence-electron chi connectivity index (χ4n) is 3.06. The number of nitrogens with one attached hydrogen (secondary N) is 1. The lowest BCUT2D eigenvalue weighted by atomic mass is 9.98. The molecule has 0 aromatic heterocycles. The standard InChI is InChI=1S/C17H28N2/c1-14-5-4-10-19(12-14)13-16-6-8-17(9-7-16)15(2)11-18-3/h6-9,14-15,18H,4-5,10-13H2,1-3H3. The second kappa shape index (κ2) is 7.06. The van der Waals surface area contributed by atoms with Gasteiger partial charge in [0.15, 0.2) is 0 Å². The molecule has 2 atom stereocenters. The minimum atomic E-state index is 0.592. The van der Waals surface area contributed by atoms with Crippen LogP contribution in [-0.2, 0) is 6.54 Å². The second-order valence-electron chi connectivity index (χ2n) is 6.18. The maximum absolute atomic E-state index is 3.24. The van der Waals surface area contributed by atoms with Crippen molar-refractivity contribution >= 4 is 0 Å². The van der Waals surface area contributed by atoms with Gasteiger partial charge in [0.25, 0.3) is 0 Å². The quantitative estimate of drug-likeness (QED) is 0.874. The van der Waals surface area contributed by atoms with Gasteiger partial charge in [0.2, 0.25) is 0 Å². The van der Waals surface area contributed by atoms with Crippen LogP contribution in [0.3, 0.4) is 0 Å². The summed E-state index contributed by atoms with van der Waals surface area (Å²) in [6.45, 7) is 9.33. The van der Waals surface area contributed by atoms with Gasteiger partial charge in [-0.2, -0.15) is 0 Å². The molecule has 0 radical (unpaired) electrons. The van der Waals surface area contributed by atoms with Gasteiger partial charge in [-0.05, 0) is 49.4 Å². The van der Waals surface area contributed by atoms with Crippen molar-refractivity contribution in [3.05, 3.63) is 35.4 Å². The molecule has 1 saturated heterocycles. The van der Waals surface area contributed by atoms with E-state index in [-0.39, 0.29) is 0 Å². The molecule has 0 bridgehead atoms. The molecule has 1 N–H and O–H groups in total. The molecule has 2 unspecified atom stereocenters. The SMILES string of the molecule is CNCC(C)c1ccc(CN2CCCC(C)C2)cc1. The summed E-state index contributed by atoms with van der Waals surface area (Å²) in [4.78, 5) is 2.60. The maximum Gasteiger partial charge on any atom is 0.0233 e. The van der Waals surface area contributed by atoms with Crippen LogP contribution in [0.25, 0.3) is 0 Å². The van der Waals surface area contributed by atoms with Crippen molar-refractivity contribution in [2.24, 2.45) is 5.92 Å². The van der Waals surface area contributed by atoms with Crippen molar-refractivity contribution in [1.82, 2.24) is 10.2 Å². The van der Waals surface area contributed by atoms with Crippen LogP contribution in [0, 0.1) is 5.92 Å². The van der Waals surface area contributed by atoms with E-state index in [0.29, 0.717) is 5.92 Å². The lowest BCUT2D eigenvalue weighted by Crippen LogP contribution is -2.33. The Morgan fingerprint density at radius 1 is 1.32 bits per heavy atom. The highest BCUT2D eigenvalue weighted by Gasteiger charge is 2.16. The number of hydrogen-bond acceptors (Lipinski definition) is 2. The molecule has 1 heterocycles. The Morgan fingerprint density at radius 2 is 2.05 bits per heavy atom. The molecule has 106 valence electrons. The largest absolute Gasteiger partial charge is 0.319 e. The van der Waals surface area contributed by atoms with Crippen LogP contribution in [0.4, 0.5) is 0 Å². The number of likely N-dealkylation sites (tertiary alicyclic amines) is 1. The Hall–Kier alpha value is -0.860. The molecular weight excluding hydrogens is 232 g/mol. The molecule has 1 aliphatic heterocycles. The monoisotopic (exact) mass is 260 g/mol. The van der Waals surface area contributed by atoms with Gasteiger partial charge in [-0.1, -0.05) is 38.1 Å². The highest BCUT2D eigenvalue weighted by molar-refractivity contribution is 5.25. The summed E-state index contributed by atoms with van der Waals surface area (Å²) in [5.41, 5.74) is 2.89. The molecule has 0 saturated carbocycles. The Labute approximate surface area is 118 Å². The van der Waals surface area contributed by atoms with E-state index in [4.69, 9.17) is 0 Å². The molecular formula is C17H28N2. The van der Waals surface area contributed by atoms with E-state index in [9.17, 15) is 0 Å². The second-order valence-corrected chi connectivity index (χ2v) is 6.18. The first-order valence-corrected chi connectivity index (χ1v) is 7.65. The zero-order valence-electron chi connectivity index (χ0n) is 12.7. The Bertz CT molecular complexity index is 371. The van der Waals surface area contributed by atoms with Gasteiger partial charge >= 0.3 is 0 Å². The summed E-state index contributed by atoms with van der Waals surface area (Å²) >= 11 is 0. The van der Waals surface area contributed by atoms with Gasteiger partial charge in [-0.15, -0.1) is 0 Å². The summed E-state index contributed by atoms with van der Waals surface area (Å²) < 4.78 is 0. The first-order valence-electron chi connectivity index (χ1n) is 7.65. The van der Waals surface area contributed by atoms with Crippen LogP contribution in [0.2, 0.25) is 0 Å². The third-order valence-electron chi connectivity index (χ3n) is 4.21. The van der Waals surface area contributed by atoms with Crippen LogP contribution in [-0.4, -0.2) is 31.6 Å². The van der Waals surface area contributed by atoms with Crippen molar-refractivity contribution < 1.29 is 0 Å². The fourth-order valence-corrected chi connectivity index (χ4v) is 3.06. The van der Waals surface area contributed by atoms with Crippen LogP contribution in [0.15, 0.2) is 24.3 Å². The zero-order chi connectivity index (χ0) is 13.7. The summed E-state index contributed by atoms with van der Waals surface area (Å²) in [6.07, 6.45) is 2.76. The Kier molecular flexibility index (Phi) is 5.41. The molecule has 0 amide bonds. The number of hydrogen-bond donors (Lipinski definition) is 1. The predicted molar refractivity (Wildman–Crippen MR) is 82.5 cm³/mol. The van der Waals surface area contributed by atoms with Crippen LogP contribution >= 0.6 is 0 Å². The van der Waals surface area contributed by atoms with Crippen LogP contribution in [0.1, 0.15) is 43.7 Å². The van der Waals surface area contributed by atoms with E-state index in [1.54, 1.807) is 0 Å². The molecule has 0 aliphatic carbocycles. The van der Waals surface area contributed by atoms with E-state index in [0.717, 1.165) is 19.0 Å². The third kappa shape index (κ3) is 4.32. The van der Waals surface area contributed by atoms with Crippen molar-refractivity contribution in [3.8, 4) is 0 Å². The van der Waals surface area contributed by atoms with E-state index >= 15 is 0 Å². The minimum absolute atomic E-state index is 0.592. The molecule has 19 heavy (non-hydrogen) atoms. The Morgan fingerprint density at radius 3 is 2.68 bits per heavy atom. The number of nitrogens with zero attached hydrogens (tertiary/aromatic N) is 1. The fraction of sp³-hybridized carbons (Fsp3) is 0.647. The third-order valence-corrected chi connectivity index (χ3v) is 4.21. The predicted octanol–water partition coefficient (Wildman–Crippen LogP) is 3.24. The van der Waals surface area contributed by atoms with Crippen molar-refractivity contribution in [2.45, 2.75) is 39.2 Å². The molecule has 2 rings (SSSR count). The average molecular weight is 260 g/mol. The average Bonchev–Trinajstić information content (AvgIpc) is 2.40. The summed E-state index contributed by atoms with van der Waals surface area (Å²) in [5.74, 6) is 1.46. The van der Waals surface area contributed by atoms with Gasteiger partial charge in [0, 0.05) is 19.6 Å². The van der Waals surface area contributed by atoms with Gasteiger partial charge in [-0.25, -0.2) is 0 Å². The normalized spacial score (nSPS) is 22.4.